The predicted molar refractivity (Wildman–Crippen MR) is 84.5 cm³/mol. The van der Waals surface area contributed by atoms with Crippen molar-refractivity contribution in [3.05, 3.63) is 21.9 Å². The molecule has 6 heteroatoms. The number of thiophene rings is 1. The third-order valence-corrected chi connectivity index (χ3v) is 5.36. The number of carboxylic acid groups (broad SMARTS) is 1. The molecule has 0 aliphatic carbocycles. The minimum Gasteiger partial charge on any atom is -0.477 e. The SMILES string of the molecule is O=C(O)c1sccc1CN1CCC(OCC2CCCO2)CC1. The first kappa shape index (κ1) is 15.9. The van der Waals surface area contributed by atoms with E-state index in [1.807, 2.05) is 11.4 Å². The van der Waals surface area contributed by atoms with Gasteiger partial charge in [0.15, 0.2) is 0 Å². The van der Waals surface area contributed by atoms with Crippen molar-refractivity contribution in [2.75, 3.05) is 26.3 Å². The van der Waals surface area contributed by atoms with Crippen LogP contribution in [0, 0.1) is 0 Å². The van der Waals surface area contributed by atoms with Gasteiger partial charge in [-0.2, -0.15) is 0 Å². The summed E-state index contributed by atoms with van der Waals surface area (Å²) < 4.78 is 11.5. The molecule has 2 saturated heterocycles. The standard InChI is InChI=1S/C16H23NO4S/c18-16(19)15-12(5-9-22-15)10-17-6-3-13(4-7-17)21-11-14-2-1-8-20-14/h5,9,13-14H,1-4,6-8,10-11H2,(H,18,19). The Bertz CT molecular complexity index is 490. The molecule has 1 aromatic heterocycles. The van der Waals surface area contributed by atoms with Gasteiger partial charge in [0.1, 0.15) is 4.88 Å². The number of carboxylic acids is 1. The summed E-state index contributed by atoms with van der Waals surface area (Å²) in [5, 5.41) is 11.0. The molecule has 0 aromatic carbocycles. The summed E-state index contributed by atoms with van der Waals surface area (Å²) in [7, 11) is 0. The molecule has 5 nitrogen and oxygen atoms in total. The summed E-state index contributed by atoms with van der Waals surface area (Å²) in [6.45, 7) is 4.25. The lowest BCUT2D eigenvalue weighted by Crippen LogP contribution is -2.37. The average molecular weight is 325 g/mol. The summed E-state index contributed by atoms with van der Waals surface area (Å²) in [4.78, 5) is 13.9. The van der Waals surface area contributed by atoms with Crippen molar-refractivity contribution >= 4 is 17.3 Å². The molecule has 1 atom stereocenters. The first-order chi connectivity index (χ1) is 10.7. The van der Waals surface area contributed by atoms with Gasteiger partial charge in [-0.1, -0.05) is 0 Å². The zero-order chi connectivity index (χ0) is 15.4. The Morgan fingerprint density at radius 2 is 2.23 bits per heavy atom. The van der Waals surface area contributed by atoms with Crippen LogP contribution in [0.2, 0.25) is 0 Å². The summed E-state index contributed by atoms with van der Waals surface area (Å²) in [5.74, 6) is -0.820. The quantitative estimate of drug-likeness (QED) is 0.871. The van der Waals surface area contributed by atoms with Crippen LogP contribution in [-0.2, 0) is 16.0 Å². The lowest BCUT2D eigenvalue weighted by Gasteiger charge is -2.32. The fourth-order valence-corrected chi connectivity index (χ4v) is 3.90. The van der Waals surface area contributed by atoms with E-state index in [1.54, 1.807) is 0 Å². The average Bonchev–Trinajstić information content (AvgIpc) is 3.17. The van der Waals surface area contributed by atoms with E-state index in [0.717, 1.165) is 64.1 Å². The van der Waals surface area contributed by atoms with Crippen LogP contribution in [0.25, 0.3) is 0 Å². The van der Waals surface area contributed by atoms with Crippen LogP contribution >= 0.6 is 11.3 Å². The van der Waals surface area contributed by atoms with E-state index in [0.29, 0.717) is 17.1 Å². The molecule has 2 aliphatic heterocycles. The number of ether oxygens (including phenoxy) is 2. The van der Waals surface area contributed by atoms with Crippen molar-refractivity contribution in [1.29, 1.82) is 0 Å². The molecule has 0 bridgehead atoms. The summed E-state index contributed by atoms with van der Waals surface area (Å²) >= 11 is 1.30. The zero-order valence-electron chi connectivity index (χ0n) is 12.7. The molecular formula is C16H23NO4S. The Balaban J connectivity index is 1.41. The van der Waals surface area contributed by atoms with Gasteiger partial charge >= 0.3 is 5.97 Å². The van der Waals surface area contributed by atoms with Gasteiger partial charge in [-0.05, 0) is 42.7 Å². The molecule has 1 N–H and O–H groups in total. The first-order valence-corrected chi connectivity index (χ1v) is 8.85. The zero-order valence-corrected chi connectivity index (χ0v) is 13.5. The van der Waals surface area contributed by atoms with E-state index in [-0.39, 0.29) is 0 Å². The second kappa shape index (κ2) is 7.55. The minimum atomic E-state index is -0.820. The molecule has 0 amide bonds. The van der Waals surface area contributed by atoms with Crippen LogP contribution in [-0.4, -0.2) is 54.5 Å². The van der Waals surface area contributed by atoms with Crippen LogP contribution in [0.4, 0.5) is 0 Å². The highest BCUT2D eigenvalue weighted by Gasteiger charge is 2.23. The second-order valence-corrected chi connectivity index (χ2v) is 6.94. The molecule has 0 saturated carbocycles. The van der Waals surface area contributed by atoms with Crippen molar-refractivity contribution in [1.82, 2.24) is 4.90 Å². The highest BCUT2D eigenvalue weighted by Crippen LogP contribution is 2.22. The van der Waals surface area contributed by atoms with Gasteiger partial charge in [0, 0.05) is 26.2 Å². The lowest BCUT2D eigenvalue weighted by molar-refractivity contribution is -0.0426. The normalized spacial score (nSPS) is 23.9. The van der Waals surface area contributed by atoms with E-state index in [4.69, 9.17) is 14.6 Å². The second-order valence-electron chi connectivity index (χ2n) is 6.02. The number of hydrogen-bond acceptors (Lipinski definition) is 5. The fraction of sp³-hybridized carbons (Fsp3) is 0.688. The van der Waals surface area contributed by atoms with Gasteiger partial charge in [0.25, 0.3) is 0 Å². The van der Waals surface area contributed by atoms with E-state index in [2.05, 4.69) is 4.90 Å². The van der Waals surface area contributed by atoms with Crippen molar-refractivity contribution in [3.8, 4) is 0 Å². The van der Waals surface area contributed by atoms with E-state index in [1.165, 1.54) is 11.3 Å². The summed E-state index contributed by atoms with van der Waals surface area (Å²) in [5.41, 5.74) is 0.927. The number of aromatic carboxylic acids is 1. The van der Waals surface area contributed by atoms with Crippen molar-refractivity contribution in [2.45, 2.75) is 44.4 Å². The van der Waals surface area contributed by atoms with Crippen molar-refractivity contribution in [2.24, 2.45) is 0 Å². The lowest BCUT2D eigenvalue weighted by atomic mass is 10.1. The van der Waals surface area contributed by atoms with Crippen LogP contribution < -0.4 is 0 Å². The van der Waals surface area contributed by atoms with Crippen LogP contribution in [0.1, 0.15) is 40.9 Å². The third kappa shape index (κ3) is 4.07. The minimum absolute atomic E-state index is 0.293. The molecule has 1 aromatic rings. The van der Waals surface area contributed by atoms with Crippen molar-refractivity contribution < 1.29 is 19.4 Å². The molecule has 3 rings (SSSR count). The molecule has 2 aliphatic rings. The highest BCUT2D eigenvalue weighted by atomic mass is 32.1. The van der Waals surface area contributed by atoms with Gasteiger partial charge in [-0.25, -0.2) is 4.79 Å². The Kier molecular flexibility index (Phi) is 5.46. The Morgan fingerprint density at radius 1 is 1.41 bits per heavy atom. The number of rotatable bonds is 6. The van der Waals surface area contributed by atoms with Gasteiger partial charge in [-0.3, -0.25) is 4.90 Å². The number of piperidine rings is 1. The smallest absolute Gasteiger partial charge is 0.346 e. The molecule has 0 spiro atoms. The van der Waals surface area contributed by atoms with Crippen LogP contribution in [0.5, 0.6) is 0 Å². The number of likely N-dealkylation sites (tertiary alicyclic amines) is 1. The Labute approximate surface area is 134 Å². The van der Waals surface area contributed by atoms with E-state index >= 15 is 0 Å². The third-order valence-electron chi connectivity index (χ3n) is 4.41. The van der Waals surface area contributed by atoms with E-state index in [9.17, 15) is 4.79 Å². The predicted octanol–water partition coefficient (Wildman–Crippen LogP) is 2.61. The molecule has 122 valence electrons. The molecule has 3 heterocycles. The topological polar surface area (TPSA) is 59.0 Å². The van der Waals surface area contributed by atoms with Crippen molar-refractivity contribution in [3.63, 3.8) is 0 Å². The Hall–Kier alpha value is -0.950. The van der Waals surface area contributed by atoms with Gasteiger partial charge < -0.3 is 14.6 Å². The molecule has 2 fully saturated rings. The van der Waals surface area contributed by atoms with Crippen LogP contribution in [0.15, 0.2) is 11.4 Å². The maximum absolute atomic E-state index is 11.1. The molecule has 0 radical (unpaired) electrons. The van der Waals surface area contributed by atoms with Crippen LogP contribution in [0.3, 0.4) is 0 Å². The van der Waals surface area contributed by atoms with Gasteiger partial charge in [0.2, 0.25) is 0 Å². The summed E-state index contributed by atoms with van der Waals surface area (Å²) in [6, 6.07) is 1.92. The number of carbonyl (C=O) groups is 1. The number of hydrogen-bond donors (Lipinski definition) is 1. The van der Waals surface area contributed by atoms with Gasteiger partial charge in [0.05, 0.1) is 18.8 Å². The maximum Gasteiger partial charge on any atom is 0.346 e. The molecular weight excluding hydrogens is 302 g/mol. The summed E-state index contributed by atoms with van der Waals surface area (Å²) in [6.07, 6.45) is 4.91. The maximum atomic E-state index is 11.1. The molecule has 22 heavy (non-hydrogen) atoms. The largest absolute Gasteiger partial charge is 0.477 e. The highest BCUT2D eigenvalue weighted by molar-refractivity contribution is 7.12. The monoisotopic (exact) mass is 325 g/mol. The molecule has 1 unspecified atom stereocenters. The van der Waals surface area contributed by atoms with Gasteiger partial charge in [-0.15, -0.1) is 11.3 Å². The Morgan fingerprint density at radius 3 is 2.91 bits per heavy atom. The first-order valence-electron chi connectivity index (χ1n) is 7.97. The number of nitrogens with zero attached hydrogens (tertiary/aromatic N) is 1. The fourth-order valence-electron chi connectivity index (χ4n) is 3.14. The van der Waals surface area contributed by atoms with E-state index < -0.39 is 5.97 Å².